The Morgan fingerprint density at radius 1 is 1.29 bits per heavy atom. The van der Waals surface area contributed by atoms with Crippen molar-refractivity contribution in [1.82, 2.24) is 9.59 Å². The maximum atomic E-state index is 13.3. The summed E-state index contributed by atoms with van der Waals surface area (Å²) in [5.41, 5.74) is -2.05. The Kier molecular flexibility index (Phi) is 2.35. The summed E-state index contributed by atoms with van der Waals surface area (Å²) in [6.07, 6.45) is 0. The van der Waals surface area contributed by atoms with Gasteiger partial charge in [-0.1, -0.05) is 21.0 Å². The van der Waals surface area contributed by atoms with Gasteiger partial charge in [-0.25, -0.2) is 4.68 Å². The fraction of sp³-hybridized carbons (Fsp3) is 0.111. The van der Waals surface area contributed by atoms with Gasteiger partial charge in [0.1, 0.15) is 0 Å². The minimum atomic E-state index is -1.19. The first-order valence-corrected chi connectivity index (χ1v) is 4.76. The molecule has 1 aromatic carbocycles. The van der Waals surface area contributed by atoms with Crippen molar-refractivity contribution >= 4 is 22.4 Å². The van der Waals surface area contributed by atoms with E-state index >= 15 is 0 Å². The number of phenolic OH excluding ortho intramolecular Hbond substituents is 2. The SMILES string of the molecule is Cn1c(=O)c2cc(O)c(O)c(Cl)c2c(=O)n1F. The lowest BCUT2D eigenvalue weighted by Gasteiger charge is -2.07. The van der Waals surface area contributed by atoms with Crippen molar-refractivity contribution in [3.8, 4) is 11.5 Å². The molecule has 0 radical (unpaired) electrons. The fourth-order valence-electron chi connectivity index (χ4n) is 1.49. The van der Waals surface area contributed by atoms with Crippen LogP contribution in [-0.2, 0) is 7.05 Å². The van der Waals surface area contributed by atoms with E-state index in [4.69, 9.17) is 11.6 Å². The zero-order valence-corrected chi connectivity index (χ0v) is 9.19. The van der Waals surface area contributed by atoms with Crippen molar-refractivity contribution in [1.29, 1.82) is 0 Å². The normalized spacial score (nSPS) is 11.0. The lowest BCUT2D eigenvalue weighted by molar-refractivity contribution is 0.242. The number of hydrogen-bond acceptors (Lipinski definition) is 4. The molecule has 8 heteroatoms. The van der Waals surface area contributed by atoms with Gasteiger partial charge in [-0.3, -0.25) is 9.59 Å². The summed E-state index contributed by atoms with van der Waals surface area (Å²) in [6, 6.07) is 0.861. The van der Waals surface area contributed by atoms with Crippen LogP contribution in [0.4, 0.5) is 4.48 Å². The van der Waals surface area contributed by atoms with Gasteiger partial charge in [0.05, 0.1) is 15.8 Å². The van der Waals surface area contributed by atoms with E-state index in [1.165, 1.54) is 0 Å². The lowest BCUT2D eigenvalue weighted by atomic mass is 10.1. The third kappa shape index (κ3) is 1.39. The van der Waals surface area contributed by atoms with Crippen molar-refractivity contribution < 1.29 is 14.7 Å². The van der Waals surface area contributed by atoms with E-state index in [0.29, 0.717) is 4.68 Å². The Morgan fingerprint density at radius 2 is 1.88 bits per heavy atom. The molecule has 0 amide bonds. The van der Waals surface area contributed by atoms with Crippen LogP contribution in [0, 0.1) is 0 Å². The standard InChI is InChI=1S/C9H6ClFN2O4/c1-12-8(16)3-2-4(14)7(15)6(10)5(3)9(17)13(12)11/h2,14-15H,1H3. The molecule has 2 N–H and O–H groups in total. The number of aromatic nitrogens is 2. The topological polar surface area (TPSA) is 84.5 Å². The van der Waals surface area contributed by atoms with Crippen LogP contribution >= 0.6 is 11.6 Å². The number of phenols is 2. The minimum Gasteiger partial charge on any atom is -0.504 e. The molecule has 2 rings (SSSR count). The van der Waals surface area contributed by atoms with Gasteiger partial charge in [0.25, 0.3) is 5.56 Å². The minimum absolute atomic E-state index is 0.272. The van der Waals surface area contributed by atoms with Crippen molar-refractivity contribution in [3.63, 3.8) is 0 Å². The maximum Gasteiger partial charge on any atom is 0.305 e. The number of rotatable bonds is 0. The summed E-state index contributed by atoms with van der Waals surface area (Å²) >= 11 is 5.59. The van der Waals surface area contributed by atoms with Gasteiger partial charge in [-0.15, -0.1) is 0 Å². The van der Waals surface area contributed by atoms with Crippen LogP contribution in [0.1, 0.15) is 0 Å². The number of fused-ring (bicyclic) bond motifs is 1. The molecule has 17 heavy (non-hydrogen) atoms. The molecule has 0 aliphatic rings. The second-order valence-corrected chi connectivity index (χ2v) is 3.75. The molecule has 0 spiro atoms. The molecule has 0 aliphatic carbocycles. The molecule has 0 fully saturated rings. The summed E-state index contributed by atoms with van der Waals surface area (Å²) < 4.78 is 13.7. The van der Waals surface area contributed by atoms with Gasteiger partial charge in [-0.05, 0) is 6.07 Å². The van der Waals surface area contributed by atoms with E-state index in [1.807, 2.05) is 0 Å². The van der Waals surface area contributed by atoms with E-state index in [1.54, 1.807) is 0 Å². The number of aromatic hydroxyl groups is 2. The highest BCUT2D eigenvalue weighted by atomic mass is 35.5. The zero-order chi connectivity index (χ0) is 12.9. The Hall–Kier alpha value is -2.02. The number of hydrogen-bond donors (Lipinski definition) is 2. The van der Waals surface area contributed by atoms with Crippen LogP contribution in [0.2, 0.25) is 5.02 Å². The van der Waals surface area contributed by atoms with Crippen molar-refractivity contribution in [2.75, 3.05) is 0 Å². The van der Waals surface area contributed by atoms with E-state index < -0.39 is 37.9 Å². The molecular weight excluding hydrogens is 255 g/mol. The first-order valence-electron chi connectivity index (χ1n) is 4.39. The molecule has 90 valence electrons. The zero-order valence-electron chi connectivity index (χ0n) is 8.44. The molecule has 0 aliphatic heterocycles. The number of halogens is 2. The average molecular weight is 261 g/mol. The third-order valence-electron chi connectivity index (χ3n) is 2.39. The molecule has 0 saturated heterocycles. The van der Waals surface area contributed by atoms with Gasteiger partial charge in [0.15, 0.2) is 11.5 Å². The van der Waals surface area contributed by atoms with Gasteiger partial charge < -0.3 is 10.2 Å². The molecule has 0 saturated carbocycles. The highest BCUT2D eigenvalue weighted by Gasteiger charge is 2.18. The lowest BCUT2D eigenvalue weighted by Crippen LogP contribution is -2.33. The van der Waals surface area contributed by atoms with Crippen molar-refractivity contribution in [2.24, 2.45) is 7.05 Å². The fourth-order valence-corrected chi connectivity index (χ4v) is 1.77. The van der Waals surface area contributed by atoms with Crippen LogP contribution in [0.3, 0.4) is 0 Å². The van der Waals surface area contributed by atoms with Crippen molar-refractivity contribution in [2.45, 2.75) is 0 Å². The summed E-state index contributed by atoms with van der Waals surface area (Å²) in [6.45, 7) is 0. The smallest absolute Gasteiger partial charge is 0.305 e. The number of nitrogens with zero attached hydrogens (tertiary/aromatic N) is 2. The van der Waals surface area contributed by atoms with Crippen LogP contribution in [0.5, 0.6) is 11.5 Å². The van der Waals surface area contributed by atoms with Gasteiger partial charge >= 0.3 is 5.56 Å². The molecule has 0 bridgehead atoms. The molecule has 2 aromatic rings. The molecule has 0 unspecified atom stereocenters. The highest BCUT2D eigenvalue weighted by Crippen LogP contribution is 2.36. The summed E-state index contributed by atoms with van der Waals surface area (Å²) in [5, 5.41) is 17.3. The first-order chi connectivity index (χ1) is 7.86. The van der Waals surface area contributed by atoms with E-state index in [0.717, 1.165) is 13.1 Å². The predicted molar refractivity (Wildman–Crippen MR) is 58.3 cm³/mol. The van der Waals surface area contributed by atoms with Crippen LogP contribution in [-0.4, -0.2) is 19.8 Å². The summed E-state index contributed by atoms with van der Waals surface area (Å²) in [7, 11) is 1.04. The summed E-state index contributed by atoms with van der Waals surface area (Å²) in [5.74, 6) is -1.43. The van der Waals surface area contributed by atoms with Gasteiger partial charge in [0, 0.05) is 7.05 Å². The van der Waals surface area contributed by atoms with Gasteiger partial charge in [0.2, 0.25) is 0 Å². The molecule has 6 nitrogen and oxygen atoms in total. The second-order valence-electron chi connectivity index (χ2n) is 3.37. The van der Waals surface area contributed by atoms with Crippen LogP contribution in [0.25, 0.3) is 10.8 Å². The monoisotopic (exact) mass is 260 g/mol. The van der Waals surface area contributed by atoms with E-state index in [-0.39, 0.29) is 5.39 Å². The van der Waals surface area contributed by atoms with Gasteiger partial charge in [-0.2, -0.15) is 0 Å². The van der Waals surface area contributed by atoms with E-state index in [9.17, 15) is 24.3 Å². The quantitative estimate of drug-likeness (QED) is 0.676. The third-order valence-corrected chi connectivity index (χ3v) is 2.76. The average Bonchev–Trinajstić information content (AvgIpc) is 2.30. The Bertz CT molecular complexity index is 749. The Labute approximate surface area is 97.6 Å². The largest absolute Gasteiger partial charge is 0.504 e. The molecule has 1 heterocycles. The van der Waals surface area contributed by atoms with Crippen LogP contribution < -0.4 is 11.1 Å². The van der Waals surface area contributed by atoms with Crippen molar-refractivity contribution in [3.05, 3.63) is 31.8 Å². The predicted octanol–water partition coefficient (Wildman–Crippen LogP) is 0.497. The second kappa shape index (κ2) is 3.49. The number of benzene rings is 1. The Morgan fingerprint density at radius 3 is 2.47 bits per heavy atom. The van der Waals surface area contributed by atoms with E-state index in [2.05, 4.69) is 0 Å². The molecule has 0 atom stereocenters. The van der Waals surface area contributed by atoms with Crippen LogP contribution in [0.15, 0.2) is 15.7 Å². The highest BCUT2D eigenvalue weighted by molar-refractivity contribution is 6.37. The molecular formula is C9H6ClFN2O4. The first kappa shape index (κ1) is 11.5. The Balaban J connectivity index is 3.25. The molecule has 1 aromatic heterocycles. The maximum absolute atomic E-state index is 13.3. The summed E-state index contributed by atoms with van der Waals surface area (Å²) in [4.78, 5) is 22.7.